The summed E-state index contributed by atoms with van der Waals surface area (Å²) in [6.45, 7) is 4.55. The highest BCUT2D eigenvalue weighted by Gasteiger charge is 2.28. The normalized spacial score (nSPS) is 13.8. The van der Waals surface area contributed by atoms with Crippen molar-refractivity contribution in [2.75, 3.05) is 5.75 Å². The van der Waals surface area contributed by atoms with E-state index in [1.54, 1.807) is 0 Å². The molecule has 0 aliphatic carbocycles. The van der Waals surface area contributed by atoms with Crippen molar-refractivity contribution in [3.63, 3.8) is 0 Å². The van der Waals surface area contributed by atoms with Gasteiger partial charge in [0.2, 0.25) is 5.91 Å². The Labute approximate surface area is 367 Å². The van der Waals surface area contributed by atoms with Crippen LogP contribution >= 0.6 is 0 Å². The fourth-order valence-electron chi connectivity index (χ4n) is 8.08. The maximum atomic E-state index is 12.7. The van der Waals surface area contributed by atoms with Crippen molar-refractivity contribution >= 4 is 16.0 Å². The number of nitrogens with one attached hydrogen (secondary N) is 1. The van der Waals surface area contributed by atoms with Crippen LogP contribution in [0.1, 0.15) is 271 Å². The minimum Gasteiger partial charge on any atom is -0.391 e. The quantitative estimate of drug-likeness (QED) is 0.0275. The summed E-state index contributed by atoms with van der Waals surface area (Å²) in [5.74, 6) is -1.46. The van der Waals surface area contributed by atoms with Gasteiger partial charge in [0.1, 0.15) is 6.10 Å². The van der Waals surface area contributed by atoms with Gasteiger partial charge in [0.15, 0.2) is 0 Å². The fourth-order valence-corrected chi connectivity index (χ4v) is 8.84. The van der Waals surface area contributed by atoms with Gasteiger partial charge >= 0.3 is 0 Å². The topological polar surface area (TPSA) is 124 Å². The van der Waals surface area contributed by atoms with Gasteiger partial charge in [0.05, 0.1) is 17.9 Å². The molecule has 0 aliphatic rings. The molecule has 0 radical (unpaired) electrons. The van der Waals surface area contributed by atoms with E-state index < -0.39 is 40.0 Å². The molecule has 0 spiro atoms. The molecule has 7 nitrogen and oxygen atoms in total. The Balaban J connectivity index is 3.87. The van der Waals surface area contributed by atoms with Crippen molar-refractivity contribution in [2.45, 2.75) is 289 Å². The molecule has 0 rings (SSSR count). The van der Waals surface area contributed by atoms with Crippen molar-refractivity contribution in [1.82, 2.24) is 5.32 Å². The molecule has 3 unspecified atom stereocenters. The summed E-state index contributed by atoms with van der Waals surface area (Å²) in [5.41, 5.74) is 0. The van der Waals surface area contributed by atoms with Crippen LogP contribution in [0, 0.1) is 0 Å². The predicted molar refractivity (Wildman–Crippen MR) is 255 cm³/mol. The third kappa shape index (κ3) is 44.6. The number of allylic oxidation sites excluding steroid dienone is 4. The molecule has 0 aromatic carbocycles. The van der Waals surface area contributed by atoms with Crippen LogP contribution in [0.4, 0.5) is 0 Å². The zero-order chi connectivity index (χ0) is 43.3. The van der Waals surface area contributed by atoms with Gasteiger partial charge in [0.25, 0.3) is 10.1 Å². The number of carbonyl (C=O) groups excluding carboxylic acids is 1. The lowest BCUT2D eigenvalue weighted by Gasteiger charge is -2.24. The first-order chi connectivity index (χ1) is 28.7. The summed E-state index contributed by atoms with van der Waals surface area (Å²) >= 11 is 0. The van der Waals surface area contributed by atoms with Crippen molar-refractivity contribution in [2.24, 2.45) is 0 Å². The monoisotopic (exact) mass is 854 g/mol. The van der Waals surface area contributed by atoms with Crippen molar-refractivity contribution in [3.8, 4) is 0 Å². The lowest BCUT2D eigenvalue weighted by Crippen LogP contribution is -2.50. The number of unbranched alkanes of at least 4 members (excludes halogenated alkanes) is 34. The van der Waals surface area contributed by atoms with Crippen LogP contribution in [0.15, 0.2) is 24.3 Å². The van der Waals surface area contributed by atoms with Crippen LogP contribution < -0.4 is 5.32 Å². The number of hydrogen-bond acceptors (Lipinski definition) is 5. The van der Waals surface area contributed by atoms with Gasteiger partial charge in [-0.3, -0.25) is 9.35 Å². The second-order valence-electron chi connectivity index (χ2n) is 17.9. The molecule has 350 valence electrons. The molecule has 0 saturated carbocycles. The highest BCUT2D eigenvalue weighted by molar-refractivity contribution is 7.85. The summed E-state index contributed by atoms with van der Waals surface area (Å²) in [6, 6.07) is -1.15. The van der Waals surface area contributed by atoms with Gasteiger partial charge in [-0.2, -0.15) is 8.42 Å². The van der Waals surface area contributed by atoms with E-state index in [1.165, 1.54) is 173 Å². The van der Waals surface area contributed by atoms with E-state index in [4.69, 9.17) is 0 Å². The number of rotatable bonds is 47. The van der Waals surface area contributed by atoms with E-state index in [-0.39, 0.29) is 6.42 Å². The van der Waals surface area contributed by atoms with Gasteiger partial charge < -0.3 is 15.5 Å². The van der Waals surface area contributed by atoms with Crippen LogP contribution in [0.3, 0.4) is 0 Å². The highest BCUT2D eigenvalue weighted by Crippen LogP contribution is 2.17. The first-order valence-electron chi connectivity index (χ1n) is 25.6. The standard InChI is InChI=1S/C51H99NO6S/c1-3-5-7-9-11-13-15-17-19-21-23-25-26-28-30-32-34-36-38-40-42-44-46-50(54)51(55)52-48(47-59(56,57)58)49(53)45-43-41-39-37-35-33-31-29-27-24-22-20-18-16-14-12-10-8-6-4-2/h23,25,28,30,48-50,53-54H,3-22,24,26-27,29,31-47H2,1-2H3,(H,52,55)(H,56,57,58)/b25-23-,30-28-. The maximum Gasteiger partial charge on any atom is 0.266 e. The van der Waals surface area contributed by atoms with Gasteiger partial charge in [-0.15, -0.1) is 0 Å². The molecule has 0 heterocycles. The van der Waals surface area contributed by atoms with Crippen LogP contribution in [0.2, 0.25) is 0 Å². The van der Waals surface area contributed by atoms with Gasteiger partial charge in [-0.1, -0.05) is 250 Å². The number of hydrogen-bond donors (Lipinski definition) is 4. The van der Waals surface area contributed by atoms with Crippen LogP contribution in [0.5, 0.6) is 0 Å². The Hall–Kier alpha value is -1.22. The molecule has 0 aliphatic heterocycles. The zero-order valence-corrected chi connectivity index (χ0v) is 39.8. The maximum absolute atomic E-state index is 12.7. The number of amides is 1. The molecule has 0 bridgehead atoms. The summed E-state index contributed by atoms with van der Waals surface area (Å²) in [7, 11) is -4.42. The smallest absolute Gasteiger partial charge is 0.266 e. The molecular formula is C51H99NO6S. The van der Waals surface area contributed by atoms with Crippen molar-refractivity contribution < 1.29 is 28.0 Å². The molecule has 3 atom stereocenters. The Bertz CT molecular complexity index is 1050. The predicted octanol–water partition coefficient (Wildman–Crippen LogP) is 14.8. The van der Waals surface area contributed by atoms with Crippen LogP contribution in [-0.4, -0.2) is 53.1 Å². The average molecular weight is 854 g/mol. The average Bonchev–Trinajstić information content (AvgIpc) is 3.21. The van der Waals surface area contributed by atoms with E-state index in [0.717, 1.165) is 57.8 Å². The summed E-state index contributed by atoms with van der Waals surface area (Å²) < 4.78 is 32.8. The van der Waals surface area contributed by atoms with Crippen LogP contribution in [0.25, 0.3) is 0 Å². The minimum absolute atomic E-state index is 0.287. The van der Waals surface area contributed by atoms with Crippen molar-refractivity contribution in [3.05, 3.63) is 24.3 Å². The number of aliphatic hydroxyl groups is 2. The third-order valence-corrected chi connectivity index (χ3v) is 12.8. The molecular weight excluding hydrogens is 755 g/mol. The minimum atomic E-state index is -4.42. The van der Waals surface area contributed by atoms with Gasteiger partial charge in [-0.05, 0) is 44.9 Å². The SMILES string of the molecule is CCCCCCCCCCC/C=C\C/C=C\CCCCCCCCC(O)C(=O)NC(CS(=O)(=O)O)C(O)CCCCCCCCCCCCCCCCCCCCCC. The number of carbonyl (C=O) groups is 1. The molecule has 0 aromatic heterocycles. The molecule has 0 aromatic rings. The molecule has 0 saturated heterocycles. The Morgan fingerprint density at radius 1 is 0.458 bits per heavy atom. The van der Waals surface area contributed by atoms with Gasteiger partial charge in [-0.25, -0.2) is 0 Å². The Morgan fingerprint density at radius 2 is 0.763 bits per heavy atom. The summed E-state index contributed by atoms with van der Waals surface area (Å²) in [6.07, 6.45) is 54.9. The first kappa shape index (κ1) is 57.8. The highest BCUT2D eigenvalue weighted by atomic mass is 32.2. The van der Waals surface area contributed by atoms with Gasteiger partial charge in [0, 0.05) is 0 Å². The van der Waals surface area contributed by atoms with E-state index >= 15 is 0 Å². The molecule has 1 amide bonds. The molecule has 0 fully saturated rings. The second kappa shape index (κ2) is 44.8. The summed E-state index contributed by atoms with van der Waals surface area (Å²) in [4.78, 5) is 12.7. The molecule has 4 N–H and O–H groups in total. The van der Waals surface area contributed by atoms with E-state index in [0.29, 0.717) is 19.3 Å². The molecule has 59 heavy (non-hydrogen) atoms. The Kier molecular flexibility index (Phi) is 43.9. The fraction of sp³-hybridized carbons (Fsp3) is 0.902. The van der Waals surface area contributed by atoms with Crippen LogP contribution in [-0.2, 0) is 14.9 Å². The largest absolute Gasteiger partial charge is 0.391 e. The van der Waals surface area contributed by atoms with Crippen molar-refractivity contribution in [1.29, 1.82) is 0 Å². The molecule has 8 heteroatoms. The van der Waals surface area contributed by atoms with E-state index in [9.17, 15) is 28.0 Å². The van der Waals surface area contributed by atoms with E-state index in [2.05, 4.69) is 43.5 Å². The zero-order valence-electron chi connectivity index (χ0n) is 39.0. The Morgan fingerprint density at radius 3 is 1.10 bits per heavy atom. The lowest BCUT2D eigenvalue weighted by atomic mass is 10.0. The first-order valence-corrected chi connectivity index (χ1v) is 27.2. The third-order valence-electron chi connectivity index (χ3n) is 12.0. The summed E-state index contributed by atoms with van der Waals surface area (Å²) in [5, 5.41) is 23.7. The lowest BCUT2D eigenvalue weighted by molar-refractivity contribution is -0.131. The number of aliphatic hydroxyl groups excluding tert-OH is 2. The second-order valence-corrected chi connectivity index (χ2v) is 19.4. The van der Waals surface area contributed by atoms with E-state index in [1.807, 2.05) is 0 Å².